The molecule has 2 N–H and O–H groups in total. The van der Waals surface area contributed by atoms with E-state index in [1.165, 1.54) is 18.4 Å². The highest BCUT2D eigenvalue weighted by Gasteiger charge is 2.19. The predicted octanol–water partition coefficient (Wildman–Crippen LogP) is 2.89. The van der Waals surface area contributed by atoms with Gasteiger partial charge in [-0.25, -0.2) is 4.98 Å². The number of ether oxygens (including phenoxy) is 1. The molecule has 0 aliphatic carbocycles. The van der Waals surface area contributed by atoms with Crippen molar-refractivity contribution in [2.45, 2.75) is 6.10 Å². The van der Waals surface area contributed by atoms with Crippen molar-refractivity contribution in [1.29, 1.82) is 0 Å². The first-order valence-corrected chi connectivity index (χ1v) is 8.04. The van der Waals surface area contributed by atoms with Crippen molar-refractivity contribution in [3.8, 4) is 17.0 Å². The normalized spacial score (nSPS) is 11.8. The molecule has 3 rings (SSSR count). The summed E-state index contributed by atoms with van der Waals surface area (Å²) < 4.78 is 5.10. The fraction of sp³-hybridized carbons (Fsp3) is 0.118. The van der Waals surface area contributed by atoms with Crippen molar-refractivity contribution in [2.75, 3.05) is 12.4 Å². The molecule has 0 saturated heterocycles. The molecule has 2 aromatic heterocycles. The van der Waals surface area contributed by atoms with Crippen LogP contribution in [0.2, 0.25) is 0 Å². The third-order valence-electron chi connectivity index (χ3n) is 3.37. The minimum absolute atomic E-state index is 0.425. The molecule has 0 aliphatic heterocycles. The molecule has 1 atom stereocenters. The van der Waals surface area contributed by atoms with E-state index >= 15 is 0 Å². The maximum atomic E-state index is 12.2. The summed E-state index contributed by atoms with van der Waals surface area (Å²) in [6.07, 6.45) is 2.06. The van der Waals surface area contributed by atoms with Gasteiger partial charge in [0.05, 0.1) is 12.8 Å². The number of anilines is 1. The molecule has 1 aromatic carbocycles. The Hall–Kier alpha value is -2.77. The average molecular weight is 341 g/mol. The summed E-state index contributed by atoms with van der Waals surface area (Å²) >= 11 is 1.29. The minimum Gasteiger partial charge on any atom is -0.497 e. The second-order valence-electron chi connectivity index (χ2n) is 4.94. The molecule has 0 bridgehead atoms. The maximum Gasteiger partial charge on any atom is 0.259 e. The second kappa shape index (κ2) is 7.20. The van der Waals surface area contributed by atoms with E-state index in [9.17, 15) is 9.90 Å². The van der Waals surface area contributed by atoms with Gasteiger partial charge in [0.25, 0.3) is 5.91 Å². The number of pyridine rings is 1. The molecule has 0 aliphatic rings. The van der Waals surface area contributed by atoms with E-state index in [4.69, 9.17) is 4.74 Å². The number of amides is 1. The van der Waals surface area contributed by atoms with E-state index in [0.717, 1.165) is 11.3 Å². The first-order valence-electron chi connectivity index (χ1n) is 7.16. The van der Waals surface area contributed by atoms with Crippen LogP contribution in [0.4, 0.5) is 5.13 Å². The fourth-order valence-corrected chi connectivity index (χ4v) is 2.85. The first-order chi connectivity index (χ1) is 11.7. The zero-order valence-electron chi connectivity index (χ0n) is 12.8. The van der Waals surface area contributed by atoms with Gasteiger partial charge >= 0.3 is 0 Å². The average Bonchev–Trinajstić information content (AvgIpc) is 3.10. The summed E-state index contributed by atoms with van der Waals surface area (Å²) in [5.41, 5.74) is 2.11. The zero-order valence-corrected chi connectivity index (χ0v) is 13.7. The molecule has 6 nitrogen and oxygen atoms in total. The number of benzene rings is 1. The topological polar surface area (TPSA) is 84.3 Å². The molecular formula is C17H15N3O3S. The van der Waals surface area contributed by atoms with Crippen LogP contribution in [0.5, 0.6) is 5.75 Å². The molecule has 0 saturated carbocycles. The third-order valence-corrected chi connectivity index (χ3v) is 4.13. The lowest BCUT2D eigenvalue weighted by Crippen LogP contribution is -2.20. The van der Waals surface area contributed by atoms with Crippen LogP contribution in [-0.4, -0.2) is 28.1 Å². The molecule has 3 aromatic rings. The fourth-order valence-electron chi connectivity index (χ4n) is 2.12. The van der Waals surface area contributed by atoms with E-state index in [2.05, 4.69) is 15.3 Å². The molecule has 1 unspecified atom stereocenters. The number of thiazole rings is 1. The highest BCUT2D eigenvalue weighted by molar-refractivity contribution is 7.14. The summed E-state index contributed by atoms with van der Waals surface area (Å²) in [6, 6.07) is 10.4. The van der Waals surface area contributed by atoms with Crippen molar-refractivity contribution in [3.63, 3.8) is 0 Å². The zero-order chi connectivity index (χ0) is 16.9. The van der Waals surface area contributed by atoms with Gasteiger partial charge in [-0.1, -0.05) is 12.1 Å². The Morgan fingerprint density at radius 2 is 2.08 bits per heavy atom. The quantitative estimate of drug-likeness (QED) is 0.745. The SMILES string of the molecule is COc1cccc(C(O)C(=O)Nc2nc(-c3ccncc3)cs2)c1. The Bertz CT molecular complexity index is 836. The summed E-state index contributed by atoms with van der Waals surface area (Å²) in [5, 5.41) is 15.1. The van der Waals surface area contributed by atoms with E-state index in [1.54, 1.807) is 36.7 Å². The number of carbonyl (C=O) groups excluding carboxylic acids is 1. The van der Waals surface area contributed by atoms with Crippen molar-refractivity contribution < 1.29 is 14.6 Å². The molecule has 0 spiro atoms. The Morgan fingerprint density at radius 3 is 2.83 bits per heavy atom. The summed E-state index contributed by atoms with van der Waals surface area (Å²) in [7, 11) is 1.53. The number of methoxy groups -OCH3 is 1. The molecule has 0 radical (unpaired) electrons. The number of hydrogen-bond donors (Lipinski definition) is 2. The Balaban J connectivity index is 1.71. The lowest BCUT2D eigenvalue weighted by Gasteiger charge is -2.11. The van der Waals surface area contributed by atoms with Crippen LogP contribution in [0, 0.1) is 0 Å². The number of aromatic nitrogens is 2. The summed E-state index contributed by atoms with van der Waals surface area (Å²) in [5.74, 6) is 0.0347. The predicted molar refractivity (Wildman–Crippen MR) is 91.9 cm³/mol. The number of hydrogen-bond acceptors (Lipinski definition) is 6. The highest BCUT2D eigenvalue weighted by atomic mass is 32.1. The highest BCUT2D eigenvalue weighted by Crippen LogP contribution is 2.26. The first kappa shape index (κ1) is 16.1. The number of aliphatic hydroxyl groups excluding tert-OH is 1. The van der Waals surface area contributed by atoms with Gasteiger partial charge in [-0.2, -0.15) is 0 Å². The number of nitrogens with zero attached hydrogens (tertiary/aromatic N) is 2. The van der Waals surface area contributed by atoms with Crippen LogP contribution in [0.3, 0.4) is 0 Å². The van der Waals surface area contributed by atoms with Crippen LogP contribution in [-0.2, 0) is 4.79 Å². The lowest BCUT2D eigenvalue weighted by atomic mass is 10.1. The van der Waals surface area contributed by atoms with Gasteiger partial charge in [0, 0.05) is 23.3 Å². The van der Waals surface area contributed by atoms with Crippen LogP contribution in [0.15, 0.2) is 54.2 Å². The standard InChI is InChI=1S/C17H15N3O3S/c1-23-13-4-2-3-12(9-13)15(21)16(22)20-17-19-14(10-24-17)11-5-7-18-8-6-11/h2-10,15,21H,1H3,(H,19,20,22). The second-order valence-corrected chi connectivity index (χ2v) is 5.80. The van der Waals surface area contributed by atoms with E-state index < -0.39 is 12.0 Å². The lowest BCUT2D eigenvalue weighted by molar-refractivity contribution is -0.124. The van der Waals surface area contributed by atoms with Crippen molar-refractivity contribution in [2.24, 2.45) is 0 Å². The smallest absolute Gasteiger partial charge is 0.259 e. The Labute approximate surface area is 142 Å². The van der Waals surface area contributed by atoms with Gasteiger partial charge in [0.1, 0.15) is 5.75 Å². The summed E-state index contributed by atoms with van der Waals surface area (Å²) in [6.45, 7) is 0. The van der Waals surface area contributed by atoms with Gasteiger partial charge < -0.3 is 9.84 Å². The van der Waals surface area contributed by atoms with E-state index in [-0.39, 0.29) is 0 Å². The van der Waals surface area contributed by atoms with E-state index in [1.807, 2.05) is 17.5 Å². The number of carbonyl (C=O) groups is 1. The van der Waals surface area contributed by atoms with Crippen LogP contribution in [0.1, 0.15) is 11.7 Å². The van der Waals surface area contributed by atoms with Gasteiger partial charge in [0.15, 0.2) is 11.2 Å². The molecule has 2 heterocycles. The van der Waals surface area contributed by atoms with E-state index in [0.29, 0.717) is 16.4 Å². The Morgan fingerprint density at radius 1 is 1.29 bits per heavy atom. The molecular weight excluding hydrogens is 326 g/mol. The van der Waals surface area contributed by atoms with Crippen molar-refractivity contribution >= 4 is 22.4 Å². The largest absolute Gasteiger partial charge is 0.497 e. The molecule has 0 fully saturated rings. The monoisotopic (exact) mass is 341 g/mol. The number of nitrogens with one attached hydrogen (secondary N) is 1. The van der Waals surface area contributed by atoms with Gasteiger partial charge in [0.2, 0.25) is 0 Å². The molecule has 122 valence electrons. The third kappa shape index (κ3) is 3.58. The number of rotatable bonds is 5. The van der Waals surface area contributed by atoms with Crippen LogP contribution in [0.25, 0.3) is 11.3 Å². The van der Waals surface area contributed by atoms with Crippen LogP contribution < -0.4 is 10.1 Å². The maximum absolute atomic E-state index is 12.2. The van der Waals surface area contributed by atoms with Gasteiger partial charge in [-0.15, -0.1) is 11.3 Å². The van der Waals surface area contributed by atoms with Crippen LogP contribution >= 0.6 is 11.3 Å². The molecule has 24 heavy (non-hydrogen) atoms. The summed E-state index contributed by atoms with van der Waals surface area (Å²) in [4.78, 5) is 20.5. The Kier molecular flexibility index (Phi) is 4.83. The molecule has 7 heteroatoms. The molecule has 1 amide bonds. The van der Waals surface area contributed by atoms with Gasteiger partial charge in [-0.3, -0.25) is 15.1 Å². The number of aliphatic hydroxyl groups is 1. The van der Waals surface area contributed by atoms with Crippen molar-refractivity contribution in [3.05, 3.63) is 59.7 Å². The van der Waals surface area contributed by atoms with Gasteiger partial charge in [-0.05, 0) is 29.8 Å². The van der Waals surface area contributed by atoms with Crippen molar-refractivity contribution in [1.82, 2.24) is 9.97 Å². The minimum atomic E-state index is -1.30.